The van der Waals surface area contributed by atoms with E-state index in [1.165, 1.54) is 5.56 Å². The molecule has 142 valence electrons. The zero-order valence-corrected chi connectivity index (χ0v) is 16.7. The van der Waals surface area contributed by atoms with Crippen LogP contribution in [0.4, 0.5) is 10.5 Å². The summed E-state index contributed by atoms with van der Waals surface area (Å²) in [6.45, 7) is 8.30. The number of nitrogens with one attached hydrogen (secondary N) is 3. The fourth-order valence-electron chi connectivity index (χ4n) is 2.29. The Morgan fingerprint density at radius 3 is 2.52 bits per heavy atom. The third-order valence-corrected chi connectivity index (χ3v) is 4.95. The maximum atomic E-state index is 12.3. The molecule has 2 amide bonds. The first kappa shape index (κ1) is 19.0. The third kappa shape index (κ3) is 5.34. The third-order valence-electron chi connectivity index (χ3n) is 3.84. The van der Waals surface area contributed by atoms with Gasteiger partial charge in [-0.15, -0.1) is 0 Å². The Morgan fingerprint density at radius 1 is 1.11 bits per heavy atom. The van der Waals surface area contributed by atoms with Crippen LogP contribution in [-0.2, 0) is 11.1 Å². The van der Waals surface area contributed by atoms with Crippen LogP contribution < -0.4 is 19.5 Å². The lowest BCUT2D eigenvalue weighted by Crippen LogP contribution is -2.37. The summed E-state index contributed by atoms with van der Waals surface area (Å²) in [4.78, 5) is 12.3. The summed E-state index contributed by atoms with van der Waals surface area (Å²) in [6, 6.07) is 14.7. The number of urea groups is 1. The van der Waals surface area contributed by atoms with Crippen molar-refractivity contribution in [2.45, 2.75) is 27.7 Å². The van der Waals surface area contributed by atoms with Crippen LogP contribution >= 0.6 is 0 Å². The van der Waals surface area contributed by atoms with Gasteiger partial charge in [0.25, 0.3) is 0 Å². The minimum atomic E-state index is -0.758. The Bertz CT molecular complexity index is 899. The summed E-state index contributed by atoms with van der Waals surface area (Å²) in [7, 11) is 0. The van der Waals surface area contributed by atoms with Gasteiger partial charge in [-0.05, 0) is 31.2 Å². The van der Waals surface area contributed by atoms with Gasteiger partial charge < -0.3 is 14.8 Å². The van der Waals surface area contributed by atoms with Crippen molar-refractivity contribution in [3.8, 4) is 11.5 Å². The van der Waals surface area contributed by atoms with Crippen LogP contribution in [0.1, 0.15) is 26.3 Å². The van der Waals surface area contributed by atoms with Crippen LogP contribution in [0.5, 0.6) is 11.5 Å². The second-order valence-corrected chi connectivity index (χ2v) is 8.47. The molecule has 7 heteroatoms. The fourth-order valence-corrected chi connectivity index (χ4v) is 3.45. The summed E-state index contributed by atoms with van der Waals surface area (Å²) in [5, 5.41) is 2.81. The summed E-state index contributed by atoms with van der Waals surface area (Å²) < 4.78 is 16.2. The number of benzene rings is 2. The van der Waals surface area contributed by atoms with Crippen LogP contribution in [0.15, 0.2) is 64.8 Å². The predicted molar refractivity (Wildman–Crippen MR) is 110 cm³/mol. The van der Waals surface area contributed by atoms with E-state index in [-0.39, 0.29) is 11.4 Å². The van der Waals surface area contributed by atoms with Gasteiger partial charge in [-0.2, -0.15) is 4.36 Å². The number of aryl methyl sites for hydroxylation is 1. The standard InChI is InChI=1S/C20H24N4O2S/c1-14-8-10-16(11-9-14)26-17-7-5-6-15(12-17)22-19(25)24-27-21-13-18(23-27)20(2,3)4/h5-13H,1-4H3,(H3,21,22,23,24,25). The van der Waals surface area contributed by atoms with Gasteiger partial charge in [0.15, 0.2) is 0 Å². The highest BCUT2D eigenvalue weighted by atomic mass is 32.2. The molecule has 1 aliphatic rings. The van der Waals surface area contributed by atoms with Crippen LogP contribution in [0.25, 0.3) is 0 Å². The molecule has 1 atom stereocenters. The minimum absolute atomic E-state index is 0.0367. The Hall–Kier alpha value is -2.80. The van der Waals surface area contributed by atoms with Gasteiger partial charge in [-0.1, -0.05) is 44.5 Å². The number of hydrogen-bond acceptors (Lipinski definition) is 4. The second-order valence-electron chi connectivity index (χ2n) is 7.28. The van der Waals surface area contributed by atoms with Gasteiger partial charge in [-0.25, -0.2) is 4.79 Å². The summed E-state index contributed by atoms with van der Waals surface area (Å²) in [5.41, 5.74) is 2.78. The van der Waals surface area contributed by atoms with Gasteiger partial charge in [0, 0.05) is 22.9 Å². The molecule has 0 aromatic heterocycles. The van der Waals surface area contributed by atoms with Gasteiger partial charge >= 0.3 is 6.03 Å². The van der Waals surface area contributed by atoms with E-state index in [9.17, 15) is 4.79 Å². The first-order valence-electron chi connectivity index (χ1n) is 8.64. The van der Waals surface area contributed by atoms with Crippen molar-refractivity contribution < 1.29 is 9.53 Å². The molecular formula is C20H24N4O2S. The monoisotopic (exact) mass is 384 g/mol. The number of allylic oxidation sites excluding steroid dienone is 1. The molecule has 0 saturated heterocycles. The van der Waals surface area contributed by atoms with Gasteiger partial charge in [0.2, 0.25) is 0 Å². The number of rotatable bonds is 4. The predicted octanol–water partition coefficient (Wildman–Crippen LogP) is 5.03. The number of ether oxygens (including phenoxy) is 1. The van der Waals surface area contributed by atoms with E-state index in [0.29, 0.717) is 11.4 Å². The zero-order chi connectivity index (χ0) is 19.4. The normalized spacial score (nSPS) is 16.0. The molecule has 27 heavy (non-hydrogen) atoms. The zero-order valence-electron chi connectivity index (χ0n) is 15.9. The molecule has 3 rings (SSSR count). The Balaban J connectivity index is 1.57. The van der Waals surface area contributed by atoms with Crippen molar-refractivity contribution in [1.82, 2.24) is 9.44 Å². The molecule has 1 heterocycles. The van der Waals surface area contributed by atoms with Crippen molar-refractivity contribution in [2.75, 3.05) is 5.32 Å². The smallest absolute Gasteiger partial charge is 0.331 e. The Labute approximate surface area is 162 Å². The highest BCUT2D eigenvalue weighted by molar-refractivity contribution is 7.84. The molecule has 0 aliphatic carbocycles. The second kappa shape index (κ2) is 7.84. The number of nitrogens with zero attached hydrogens (tertiary/aromatic N) is 1. The maximum absolute atomic E-state index is 12.3. The minimum Gasteiger partial charge on any atom is -0.457 e. The van der Waals surface area contributed by atoms with E-state index >= 15 is 0 Å². The topological polar surface area (TPSA) is 74.8 Å². The van der Waals surface area contributed by atoms with Crippen LogP contribution in [0.3, 0.4) is 0 Å². The van der Waals surface area contributed by atoms with Crippen molar-refractivity contribution in [3.63, 3.8) is 0 Å². The molecule has 2 aromatic carbocycles. The first-order chi connectivity index (χ1) is 12.8. The van der Waals surface area contributed by atoms with Crippen LogP contribution in [0, 0.1) is 12.3 Å². The number of amides is 2. The van der Waals surface area contributed by atoms with Gasteiger partial charge in [0.1, 0.15) is 22.6 Å². The van der Waals surface area contributed by atoms with Crippen molar-refractivity contribution in [3.05, 3.63) is 66.0 Å². The van der Waals surface area contributed by atoms with Gasteiger partial charge in [-0.3, -0.25) is 4.72 Å². The van der Waals surface area contributed by atoms with E-state index in [1.807, 2.05) is 49.4 Å². The lowest BCUT2D eigenvalue weighted by Gasteiger charge is -2.21. The van der Waals surface area contributed by atoms with Crippen LogP contribution in [0.2, 0.25) is 0 Å². The molecule has 1 unspecified atom stereocenters. The van der Waals surface area contributed by atoms with E-state index < -0.39 is 11.1 Å². The van der Waals surface area contributed by atoms with E-state index in [1.54, 1.807) is 12.3 Å². The quantitative estimate of drug-likeness (QED) is 0.692. The van der Waals surface area contributed by atoms with Crippen molar-refractivity contribution in [1.29, 1.82) is 0 Å². The molecule has 1 aliphatic heterocycles. The lowest BCUT2D eigenvalue weighted by atomic mass is 9.93. The van der Waals surface area contributed by atoms with E-state index in [0.717, 1.165) is 11.4 Å². The molecule has 0 bridgehead atoms. The summed E-state index contributed by atoms with van der Waals surface area (Å²) in [6.07, 6.45) is 1.78. The first-order valence-corrected chi connectivity index (χ1v) is 9.82. The van der Waals surface area contributed by atoms with Crippen molar-refractivity contribution >= 4 is 22.8 Å². The molecular weight excluding hydrogens is 360 g/mol. The number of hydrogen-bond donors (Lipinski definition) is 3. The Morgan fingerprint density at radius 2 is 1.85 bits per heavy atom. The highest BCUT2D eigenvalue weighted by Crippen LogP contribution is 2.26. The lowest BCUT2D eigenvalue weighted by molar-refractivity contribution is 0.257. The average molecular weight is 385 g/mol. The van der Waals surface area contributed by atoms with Crippen LogP contribution in [-0.4, -0.2) is 6.03 Å². The number of carbonyl (C=O) groups is 1. The molecule has 2 aromatic rings. The largest absolute Gasteiger partial charge is 0.457 e. The summed E-state index contributed by atoms with van der Waals surface area (Å²) >= 11 is -0.758. The molecule has 3 N–H and O–H groups in total. The maximum Gasteiger partial charge on any atom is 0.331 e. The highest BCUT2D eigenvalue weighted by Gasteiger charge is 2.22. The SMILES string of the molecule is Cc1ccc(Oc2cccc(NC(=O)NS3=NC=C(C(C)(C)C)N3)c2)cc1. The molecule has 0 spiro atoms. The van der Waals surface area contributed by atoms with Crippen molar-refractivity contribution in [2.24, 2.45) is 9.78 Å². The van der Waals surface area contributed by atoms with E-state index in [4.69, 9.17) is 4.74 Å². The summed E-state index contributed by atoms with van der Waals surface area (Å²) in [5.74, 6) is 1.40. The average Bonchev–Trinajstić information content (AvgIpc) is 3.06. The van der Waals surface area contributed by atoms with Gasteiger partial charge in [0.05, 0.1) is 6.20 Å². The molecule has 0 fully saturated rings. The molecule has 6 nitrogen and oxygen atoms in total. The number of anilines is 1. The van der Waals surface area contributed by atoms with E-state index in [2.05, 4.69) is 39.9 Å². The fraction of sp³-hybridized carbons (Fsp3) is 0.250. The molecule has 0 radical (unpaired) electrons. The Kier molecular flexibility index (Phi) is 5.51. The molecule has 0 saturated carbocycles. The number of carbonyl (C=O) groups excluding carboxylic acids is 1.